The highest BCUT2D eigenvalue weighted by molar-refractivity contribution is 9.11. The van der Waals surface area contributed by atoms with Gasteiger partial charge in [-0.05, 0) is 38.3 Å². The SMILES string of the molecule is COC(=O)CCC(=O)CBr.COC(=O)CCc1cn2cc(Br)c(=O)c(F)c2[nH]1.COc1c(Br)cnc(N)c1F. The van der Waals surface area contributed by atoms with Crippen LogP contribution in [0.5, 0.6) is 5.75 Å². The van der Waals surface area contributed by atoms with Crippen molar-refractivity contribution in [3.8, 4) is 5.75 Å². The van der Waals surface area contributed by atoms with E-state index in [1.807, 2.05) is 0 Å². The Labute approximate surface area is 246 Å². The number of rotatable bonds is 8. The summed E-state index contributed by atoms with van der Waals surface area (Å²) in [5.41, 5.74) is 5.22. The Balaban J connectivity index is 0.000000314. The Morgan fingerprint density at radius 3 is 2.15 bits per heavy atom. The highest BCUT2D eigenvalue weighted by Crippen LogP contribution is 2.29. The quantitative estimate of drug-likeness (QED) is 0.256. The number of fused-ring (bicyclic) bond motifs is 1. The van der Waals surface area contributed by atoms with Crippen LogP contribution in [0.3, 0.4) is 0 Å². The molecule has 3 heterocycles. The van der Waals surface area contributed by atoms with Gasteiger partial charge in [-0.15, -0.1) is 0 Å². The van der Waals surface area contributed by atoms with Crippen LogP contribution < -0.4 is 15.9 Å². The average Bonchev–Trinajstić information content (AvgIpc) is 3.34. The van der Waals surface area contributed by atoms with E-state index in [1.165, 1.54) is 38.1 Å². The molecule has 16 heteroatoms. The van der Waals surface area contributed by atoms with Crippen LogP contribution in [-0.4, -0.2) is 58.7 Å². The number of aryl methyl sites for hydroxylation is 1. The minimum Gasteiger partial charge on any atom is -0.492 e. The number of hydrogen-bond donors (Lipinski definition) is 2. The third-order valence-corrected chi connectivity index (χ3v) is 6.44. The van der Waals surface area contributed by atoms with Gasteiger partial charge in [0.15, 0.2) is 17.2 Å². The Morgan fingerprint density at radius 1 is 1.00 bits per heavy atom. The lowest BCUT2D eigenvalue weighted by Crippen LogP contribution is -2.09. The van der Waals surface area contributed by atoms with Crippen LogP contribution in [-0.2, 0) is 30.3 Å². The second-order valence-corrected chi connectivity index (χ2v) is 9.59. The number of ether oxygens (including phenoxy) is 3. The molecule has 39 heavy (non-hydrogen) atoms. The molecule has 214 valence electrons. The summed E-state index contributed by atoms with van der Waals surface area (Å²) >= 11 is 9.03. The summed E-state index contributed by atoms with van der Waals surface area (Å²) in [6.45, 7) is 0. The number of halogens is 5. The number of pyridine rings is 2. The number of Topliss-reactive ketones (excluding diaryl/α,β-unsaturated/α-hetero) is 1. The zero-order valence-corrected chi connectivity index (χ0v) is 25.7. The second kappa shape index (κ2) is 17.0. The van der Waals surface area contributed by atoms with Gasteiger partial charge >= 0.3 is 11.9 Å². The average molecular weight is 747 g/mol. The molecular formula is C23H25Br3F2N4O7. The van der Waals surface area contributed by atoms with Crippen LogP contribution in [0, 0.1) is 11.6 Å². The van der Waals surface area contributed by atoms with Crippen molar-refractivity contribution in [3.63, 3.8) is 0 Å². The van der Waals surface area contributed by atoms with Crippen LogP contribution in [0.25, 0.3) is 5.65 Å². The number of alkyl halides is 1. The van der Waals surface area contributed by atoms with Gasteiger partial charge < -0.3 is 29.3 Å². The molecule has 0 atom stereocenters. The van der Waals surface area contributed by atoms with Gasteiger partial charge in [-0.2, -0.15) is 8.78 Å². The van der Waals surface area contributed by atoms with Crippen molar-refractivity contribution >= 4 is 77.0 Å². The number of nitrogen functional groups attached to an aromatic ring is 1. The summed E-state index contributed by atoms with van der Waals surface area (Å²) in [5.74, 6) is -2.23. The largest absolute Gasteiger partial charge is 0.492 e. The normalized spacial score (nSPS) is 10.1. The number of anilines is 1. The molecule has 3 N–H and O–H groups in total. The number of imidazole rings is 1. The minimum absolute atomic E-state index is 0.0189. The van der Waals surface area contributed by atoms with Gasteiger partial charge in [0.25, 0.3) is 0 Å². The van der Waals surface area contributed by atoms with Crippen molar-refractivity contribution in [2.45, 2.75) is 25.7 Å². The van der Waals surface area contributed by atoms with Crippen LogP contribution in [0.15, 0.2) is 32.3 Å². The first kappa shape index (κ1) is 34.2. The van der Waals surface area contributed by atoms with Crippen molar-refractivity contribution in [2.24, 2.45) is 0 Å². The van der Waals surface area contributed by atoms with Gasteiger partial charge in [-0.3, -0.25) is 19.2 Å². The van der Waals surface area contributed by atoms with Crippen LogP contribution in [0.1, 0.15) is 25.0 Å². The number of ketones is 1. The maximum atomic E-state index is 13.7. The Bertz CT molecular complexity index is 1350. The lowest BCUT2D eigenvalue weighted by atomic mass is 10.2. The van der Waals surface area contributed by atoms with Gasteiger partial charge in [0.05, 0.1) is 48.4 Å². The fourth-order valence-corrected chi connectivity index (χ4v) is 3.78. The number of hydrogen-bond acceptors (Lipinski definition) is 9. The molecule has 0 aliphatic heterocycles. The molecule has 0 aliphatic carbocycles. The molecule has 3 rings (SSSR count). The fourth-order valence-electron chi connectivity index (χ4n) is 2.67. The van der Waals surface area contributed by atoms with E-state index in [9.17, 15) is 28.0 Å². The molecule has 0 bridgehead atoms. The monoisotopic (exact) mass is 744 g/mol. The third-order valence-electron chi connectivity index (χ3n) is 4.68. The minimum atomic E-state index is -0.853. The van der Waals surface area contributed by atoms with E-state index in [0.29, 0.717) is 21.9 Å². The molecule has 3 aromatic rings. The van der Waals surface area contributed by atoms with Gasteiger partial charge in [0.1, 0.15) is 5.78 Å². The van der Waals surface area contributed by atoms with Gasteiger partial charge in [0, 0.05) is 30.7 Å². The van der Waals surface area contributed by atoms with Gasteiger partial charge in [-0.25, -0.2) is 4.98 Å². The number of esters is 2. The number of aromatic amines is 1. The van der Waals surface area contributed by atoms with Crippen molar-refractivity contribution in [1.82, 2.24) is 14.4 Å². The summed E-state index contributed by atoms with van der Waals surface area (Å²) in [4.78, 5) is 49.7. The molecule has 0 spiro atoms. The standard InChI is InChI=1S/C11H10BrFN2O3.C6H6BrFN2O.C6H9BrO3/c1-18-8(16)3-2-6-4-15-5-7(12)10(17)9(13)11(15)14-6;1-11-5-3(7)2-10-6(9)4(5)8;1-10-6(9)3-2-5(8)4-7/h4-5,14H,2-3H2,1H3;2H,1H3,(H2,9,10);2-4H2,1H3. The second-order valence-electron chi connectivity index (χ2n) is 7.32. The molecule has 0 saturated carbocycles. The number of nitrogens with zero attached hydrogens (tertiary/aromatic N) is 2. The first-order valence-electron chi connectivity index (χ1n) is 10.8. The molecular weight excluding hydrogens is 722 g/mol. The number of aromatic nitrogens is 3. The number of nitrogens with one attached hydrogen (secondary N) is 1. The number of carbonyl (C=O) groups is 3. The maximum absolute atomic E-state index is 13.7. The Hall–Kier alpha value is -2.85. The maximum Gasteiger partial charge on any atom is 0.305 e. The number of carbonyl (C=O) groups excluding carboxylic acids is 3. The number of methoxy groups -OCH3 is 3. The summed E-state index contributed by atoms with van der Waals surface area (Å²) < 4.78 is 42.2. The molecule has 0 unspecified atom stereocenters. The summed E-state index contributed by atoms with van der Waals surface area (Å²) in [5, 5.41) is 0.310. The topological polar surface area (TPSA) is 155 Å². The van der Waals surface area contributed by atoms with E-state index >= 15 is 0 Å². The molecule has 0 aliphatic rings. The van der Waals surface area contributed by atoms with E-state index in [1.54, 1.807) is 6.20 Å². The summed E-state index contributed by atoms with van der Waals surface area (Å²) in [6.07, 6.45) is 5.51. The smallest absolute Gasteiger partial charge is 0.305 e. The first-order valence-corrected chi connectivity index (χ1v) is 13.5. The summed E-state index contributed by atoms with van der Waals surface area (Å²) in [6, 6.07) is 0. The van der Waals surface area contributed by atoms with Gasteiger partial charge in [0.2, 0.25) is 17.1 Å². The van der Waals surface area contributed by atoms with Crippen LogP contribution in [0.2, 0.25) is 0 Å². The van der Waals surface area contributed by atoms with Crippen molar-refractivity contribution in [1.29, 1.82) is 0 Å². The number of nitrogens with two attached hydrogens (primary N) is 1. The van der Waals surface area contributed by atoms with Gasteiger partial charge in [-0.1, -0.05) is 15.9 Å². The van der Waals surface area contributed by atoms with Crippen molar-refractivity contribution < 1.29 is 37.4 Å². The predicted molar refractivity (Wildman–Crippen MR) is 149 cm³/mol. The van der Waals surface area contributed by atoms with E-state index in [2.05, 4.69) is 67.2 Å². The third kappa shape index (κ3) is 10.7. The number of H-pyrrole nitrogens is 1. The van der Waals surface area contributed by atoms with E-state index < -0.39 is 17.1 Å². The fraction of sp³-hybridized carbons (Fsp3) is 0.348. The van der Waals surface area contributed by atoms with Crippen LogP contribution in [0.4, 0.5) is 14.6 Å². The summed E-state index contributed by atoms with van der Waals surface area (Å²) in [7, 11) is 3.98. The van der Waals surface area contributed by atoms with E-state index in [4.69, 9.17) is 10.5 Å². The molecule has 0 radical (unpaired) electrons. The van der Waals surface area contributed by atoms with E-state index in [-0.39, 0.29) is 58.7 Å². The highest BCUT2D eigenvalue weighted by Gasteiger charge is 2.13. The zero-order chi connectivity index (χ0) is 29.7. The highest BCUT2D eigenvalue weighted by atomic mass is 79.9. The first-order chi connectivity index (χ1) is 18.4. The van der Waals surface area contributed by atoms with Crippen molar-refractivity contribution in [3.05, 3.63) is 55.1 Å². The molecule has 0 saturated heterocycles. The van der Waals surface area contributed by atoms with E-state index in [0.717, 1.165) is 0 Å². The predicted octanol–water partition coefficient (Wildman–Crippen LogP) is 4.11. The lowest BCUT2D eigenvalue weighted by Gasteiger charge is -2.04. The Morgan fingerprint density at radius 2 is 1.62 bits per heavy atom. The molecule has 11 nitrogen and oxygen atoms in total. The Kier molecular flexibility index (Phi) is 14.9. The molecule has 3 aromatic heterocycles. The lowest BCUT2D eigenvalue weighted by molar-refractivity contribution is -0.142. The van der Waals surface area contributed by atoms with Crippen molar-refractivity contribution in [2.75, 3.05) is 32.4 Å². The molecule has 0 aromatic carbocycles. The zero-order valence-electron chi connectivity index (χ0n) is 21.0. The van der Waals surface area contributed by atoms with Crippen LogP contribution >= 0.6 is 47.8 Å². The molecule has 0 amide bonds. The molecule has 0 fully saturated rings.